The Morgan fingerprint density at radius 1 is 1.06 bits per heavy atom. The predicted molar refractivity (Wildman–Crippen MR) is 128 cm³/mol. The number of hydrogen-bond acceptors (Lipinski definition) is 6. The van der Waals surface area contributed by atoms with Crippen LogP contribution in [0.5, 0.6) is 0 Å². The molecule has 1 aromatic heterocycles. The van der Waals surface area contributed by atoms with E-state index in [0.717, 1.165) is 16.8 Å². The van der Waals surface area contributed by atoms with E-state index in [1.807, 2.05) is 45.9 Å². The van der Waals surface area contributed by atoms with Gasteiger partial charge in [0.15, 0.2) is 15.0 Å². The monoisotopic (exact) mass is 472 g/mol. The SMILES string of the molecule is CCC(Sc1nnc(CS(=O)(=O)c2ccccc2)n1CC)C(=O)Nc1cccc(C)c1C. The summed E-state index contributed by atoms with van der Waals surface area (Å²) in [6.07, 6.45) is 0.593. The maximum atomic E-state index is 12.9. The molecule has 1 amide bonds. The Labute approximate surface area is 193 Å². The van der Waals surface area contributed by atoms with E-state index < -0.39 is 9.84 Å². The molecule has 9 heteroatoms. The highest BCUT2D eigenvalue weighted by molar-refractivity contribution is 8.00. The number of benzene rings is 2. The number of hydrogen-bond donors (Lipinski definition) is 1. The van der Waals surface area contributed by atoms with Gasteiger partial charge in [0.2, 0.25) is 5.91 Å². The van der Waals surface area contributed by atoms with Gasteiger partial charge in [-0.1, -0.05) is 49.0 Å². The third-order valence-corrected chi connectivity index (χ3v) is 8.28. The first-order chi connectivity index (χ1) is 15.3. The average Bonchev–Trinajstić information content (AvgIpc) is 3.16. The van der Waals surface area contributed by atoms with E-state index in [1.54, 1.807) is 34.9 Å². The van der Waals surface area contributed by atoms with E-state index in [4.69, 9.17) is 0 Å². The summed E-state index contributed by atoms with van der Waals surface area (Å²) in [4.78, 5) is 13.2. The Morgan fingerprint density at radius 3 is 2.44 bits per heavy atom. The Kier molecular flexibility index (Phi) is 7.73. The fourth-order valence-electron chi connectivity index (χ4n) is 3.26. The van der Waals surface area contributed by atoms with Crippen molar-refractivity contribution in [3.63, 3.8) is 0 Å². The minimum atomic E-state index is -3.54. The van der Waals surface area contributed by atoms with Crippen LogP contribution in [0.1, 0.15) is 37.2 Å². The van der Waals surface area contributed by atoms with E-state index in [0.29, 0.717) is 23.9 Å². The molecule has 0 bridgehead atoms. The van der Waals surface area contributed by atoms with Crippen LogP contribution in [-0.2, 0) is 26.9 Å². The van der Waals surface area contributed by atoms with Gasteiger partial charge in [0, 0.05) is 12.2 Å². The lowest BCUT2D eigenvalue weighted by Gasteiger charge is -2.16. The highest BCUT2D eigenvalue weighted by atomic mass is 32.2. The highest BCUT2D eigenvalue weighted by Crippen LogP contribution is 2.28. The highest BCUT2D eigenvalue weighted by Gasteiger charge is 2.25. The van der Waals surface area contributed by atoms with Crippen LogP contribution in [0, 0.1) is 13.8 Å². The molecule has 2 aromatic carbocycles. The quantitative estimate of drug-likeness (QED) is 0.464. The molecule has 3 aromatic rings. The second-order valence-electron chi connectivity index (χ2n) is 7.47. The van der Waals surface area contributed by atoms with Crippen LogP contribution in [0.15, 0.2) is 58.6 Å². The number of nitrogens with one attached hydrogen (secondary N) is 1. The number of sulfone groups is 1. The molecule has 3 rings (SSSR count). The van der Waals surface area contributed by atoms with Crippen molar-refractivity contribution in [3.8, 4) is 0 Å². The second kappa shape index (κ2) is 10.3. The molecular weight excluding hydrogens is 444 g/mol. The molecule has 1 unspecified atom stereocenters. The van der Waals surface area contributed by atoms with Crippen LogP contribution < -0.4 is 5.32 Å². The molecule has 0 fully saturated rings. The molecule has 1 N–H and O–H groups in total. The van der Waals surface area contributed by atoms with E-state index in [9.17, 15) is 13.2 Å². The van der Waals surface area contributed by atoms with Gasteiger partial charge in [0.1, 0.15) is 11.6 Å². The van der Waals surface area contributed by atoms with Gasteiger partial charge in [0.05, 0.1) is 10.1 Å². The number of nitrogens with zero attached hydrogens (tertiary/aromatic N) is 3. The number of rotatable bonds is 9. The maximum Gasteiger partial charge on any atom is 0.237 e. The molecule has 0 aliphatic heterocycles. The first-order valence-electron chi connectivity index (χ1n) is 10.5. The summed E-state index contributed by atoms with van der Waals surface area (Å²) in [5.41, 5.74) is 2.94. The zero-order valence-electron chi connectivity index (χ0n) is 18.7. The van der Waals surface area contributed by atoms with Gasteiger partial charge in [-0.3, -0.25) is 4.79 Å². The standard InChI is InChI=1S/C23H28N4O3S2/c1-5-20(22(28)24-19-14-10-11-16(3)17(19)4)31-23-26-25-21(27(23)6-2)15-32(29,30)18-12-8-7-9-13-18/h7-14,20H,5-6,15H2,1-4H3,(H,24,28). The summed E-state index contributed by atoms with van der Waals surface area (Å²) in [6, 6.07) is 14.1. The Hall–Kier alpha value is -2.65. The number of thioether (sulfide) groups is 1. The number of carbonyl (C=O) groups is 1. The van der Waals surface area contributed by atoms with Gasteiger partial charge in [-0.05, 0) is 56.5 Å². The van der Waals surface area contributed by atoms with Gasteiger partial charge >= 0.3 is 0 Å². The third kappa shape index (κ3) is 5.39. The summed E-state index contributed by atoms with van der Waals surface area (Å²) in [7, 11) is -3.54. The van der Waals surface area contributed by atoms with Crippen molar-refractivity contribution < 1.29 is 13.2 Å². The van der Waals surface area contributed by atoms with Crippen LogP contribution in [0.25, 0.3) is 0 Å². The van der Waals surface area contributed by atoms with Crippen molar-refractivity contribution in [2.45, 2.75) is 61.7 Å². The summed E-state index contributed by atoms with van der Waals surface area (Å²) >= 11 is 1.30. The number of amides is 1. The van der Waals surface area contributed by atoms with Crippen molar-refractivity contribution in [1.29, 1.82) is 0 Å². The molecule has 0 saturated carbocycles. The van der Waals surface area contributed by atoms with Gasteiger partial charge in [-0.15, -0.1) is 10.2 Å². The zero-order valence-corrected chi connectivity index (χ0v) is 20.3. The predicted octanol–water partition coefficient (Wildman–Crippen LogP) is 4.40. The van der Waals surface area contributed by atoms with Crippen LogP contribution in [0.3, 0.4) is 0 Å². The fourth-order valence-corrected chi connectivity index (χ4v) is 5.59. The lowest BCUT2D eigenvalue weighted by molar-refractivity contribution is -0.115. The normalized spacial score (nSPS) is 12.5. The number of aromatic nitrogens is 3. The van der Waals surface area contributed by atoms with Crippen LogP contribution in [0.4, 0.5) is 5.69 Å². The lowest BCUT2D eigenvalue weighted by Crippen LogP contribution is -2.25. The van der Waals surface area contributed by atoms with E-state index >= 15 is 0 Å². The zero-order chi connectivity index (χ0) is 23.3. The molecule has 0 aliphatic rings. The van der Waals surface area contributed by atoms with Crippen molar-refractivity contribution >= 4 is 33.2 Å². The number of carbonyl (C=O) groups excluding carboxylic acids is 1. The minimum absolute atomic E-state index is 0.115. The molecule has 7 nitrogen and oxygen atoms in total. The first-order valence-corrected chi connectivity index (χ1v) is 13.0. The van der Waals surface area contributed by atoms with Gasteiger partial charge in [-0.2, -0.15) is 0 Å². The summed E-state index contributed by atoms with van der Waals surface area (Å²) in [5, 5.41) is 11.5. The summed E-state index contributed by atoms with van der Waals surface area (Å²) < 4.78 is 27.3. The Morgan fingerprint density at radius 2 is 1.78 bits per heavy atom. The third-order valence-electron chi connectivity index (χ3n) is 5.30. The van der Waals surface area contributed by atoms with Crippen LogP contribution >= 0.6 is 11.8 Å². The fraction of sp³-hybridized carbons (Fsp3) is 0.348. The number of anilines is 1. The topological polar surface area (TPSA) is 93.9 Å². The molecule has 0 spiro atoms. The van der Waals surface area contributed by atoms with E-state index in [2.05, 4.69) is 15.5 Å². The van der Waals surface area contributed by atoms with E-state index in [-0.39, 0.29) is 21.8 Å². The summed E-state index contributed by atoms with van der Waals surface area (Å²) in [5.74, 6) is 0.00289. The second-order valence-corrected chi connectivity index (χ2v) is 10.6. The first kappa shape index (κ1) is 24.0. The molecule has 170 valence electrons. The van der Waals surface area contributed by atoms with E-state index in [1.165, 1.54) is 11.8 Å². The molecule has 1 heterocycles. The summed E-state index contributed by atoms with van der Waals surface area (Å²) in [6.45, 7) is 8.33. The van der Waals surface area contributed by atoms with Crippen molar-refractivity contribution in [2.24, 2.45) is 0 Å². The lowest BCUT2D eigenvalue weighted by atomic mass is 10.1. The maximum absolute atomic E-state index is 12.9. The number of aryl methyl sites for hydroxylation is 1. The average molecular weight is 473 g/mol. The molecule has 0 saturated heterocycles. The van der Waals surface area contributed by atoms with Crippen LogP contribution in [0.2, 0.25) is 0 Å². The van der Waals surface area contributed by atoms with Crippen molar-refractivity contribution in [2.75, 3.05) is 5.32 Å². The smallest absolute Gasteiger partial charge is 0.237 e. The van der Waals surface area contributed by atoms with Gasteiger partial charge in [-0.25, -0.2) is 8.42 Å². The largest absolute Gasteiger partial charge is 0.325 e. The van der Waals surface area contributed by atoms with Crippen LogP contribution in [-0.4, -0.2) is 34.3 Å². The molecular formula is C23H28N4O3S2. The van der Waals surface area contributed by atoms with Gasteiger partial charge in [0.25, 0.3) is 0 Å². The Bertz CT molecular complexity index is 1190. The minimum Gasteiger partial charge on any atom is -0.325 e. The molecule has 1 atom stereocenters. The van der Waals surface area contributed by atoms with Gasteiger partial charge < -0.3 is 9.88 Å². The van der Waals surface area contributed by atoms with Crippen molar-refractivity contribution in [3.05, 3.63) is 65.5 Å². The molecule has 0 aliphatic carbocycles. The Balaban J connectivity index is 1.78. The molecule has 32 heavy (non-hydrogen) atoms. The van der Waals surface area contributed by atoms with Crippen molar-refractivity contribution in [1.82, 2.24) is 14.8 Å². The molecule has 0 radical (unpaired) electrons.